The zero-order chi connectivity index (χ0) is 14.8. The Balaban J connectivity index is 1.81. The zero-order valence-electron chi connectivity index (χ0n) is 13.2. The van der Waals surface area contributed by atoms with Gasteiger partial charge in [-0.3, -0.25) is 4.21 Å². The number of benzene rings is 1. The Kier molecular flexibility index (Phi) is 4.80. The lowest BCUT2D eigenvalue weighted by Crippen LogP contribution is -2.46. The molecule has 0 aliphatic heterocycles. The first-order valence-corrected chi connectivity index (χ1v) is 9.66. The minimum atomic E-state index is -0.877. The number of hydrogen-bond acceptors (Lipinski definition) is 2. The van der Waals surface area contributed by atoms with Crippen molar-refractivity contribution in [1.29, 1.82) is 0 Å². The van der Waals surface area contributed by atoms with Crippen LogP contribution in [0.25, 0.3) is 0 Å². The topological polar surface area (TPSA) is 29.1 Å². The predicted molar refractivity (Wildman–Crippen MR) is 89.1 cm³/mol. The van der Waals surface area contributed by atoms with Crippen LogP contribution >= 0.6 is 0 Å². The summed E-state index contributed by atoms with van der Waals surface area (Å²) in [4.78, 5) is 1.05. The second-order valence-electron chi connectivity index (χ2n) is 6.70. The third-order valence-corrected chi connectivity index (χ3v) is 6.89. The third-order valence-electron chi connectivity index (χ3n) is 5.10. The molecule has 1 N–H and O–H groups in total. The van der Waals surface area contributed by atoms with Gasteiger partial charge in [0.25, 0.3) is 0 Å². The molecule has 0 spiro atoms. The smallest absolute Gasteiger partial charge is 0.0576 e. The molecule has 21 heavy (non-hydrogen) atoms. The lowest BCUT2D eigenvalue weighted by Gasteiger charge is -2.34. The summed E-state index contributed by atoms with van der Waals surface area (Å²) in [5.74, 6) is 0.697. The summed E-state index contributed by atoms with van der Waals surface area (Å²) in [6, 6.07) is 6.97. The molecule has 1 aromatic carbocycles. The highest BCUT2D eigenvalue weighted by Gasteiger charge is 2.33. The van der Waals surface area contributed by atoms with E-state index in [0.717, 1.165) is 30.7 Å². The van der Waals surface area contributed by atoms with Crippen molar-refractivity contribution in [2.24, 2.45) is 5.92 Å². The molecule has 2 nitrogen and oxygen atoms in total. The van der Waals surface area contributed by atoms with Gasteiger partial charge in [0.05, 0.1) is 16.0 Å². The first kappa shape index (κ1) is 15.2. The number of fused-ring (bicyclic) bond motifs is 1. The fourth-order valence-corrected chi connectivity index (χ4v) is 5.75. The maximum Gasteiger partial charge on any atom is 0.0576 e. The number of nitrogens with one attached hydrogen (secondary N) is 1. The molecule has 1 saturated carbocycles. The molecule has 0 saturated heterocycles. The SMILES string of the molecule is CCNC1CCC(C)CC1S(=O)c1ccc2c(c1)CCC2. The highest BCUT2D eigenvalue weighted by Crippen LogP contribution is 2.32. The Morgan fingerprint density at radius 2 is 2.05 bits per heavy atom. The van der Waals surface area contributed by atoms with Crippen molar-refractivity contribution in [2.45, 2.75) is 68.6 Å². The van der Waals surface area contributed by atoms with Gasteiger partial charge in [-0.25, -0.2) is 0 Å². The van der Waals surface area contributed by atoms with Crippen LogP contribution in [-0.4, -0.2) is 22.0 Å². The van der Waals surface area contributed by atoms with Crippen molar-refractivity contribution in [1.82, 2.24) is 5.32 Å². The largest absolute Gasteiger partial charge is 0.313 e. The van der Waals surface area contributed by atoms with E-state index in [4.69, 9.17) is 0 Å². The van der Waals surface area contributed by atoms with Crippen LogP contribution in [0.3, 0.4) is 0 Å². The average Bonchev–Trinajstić information content (AvgIpc) is 2.96. The van der Waals surface area contributed by atoms with Crippen molar-refractivity contribution in [2.75, 3.05) is 6.54 Å². The van der Waals surface area contributed by atoms with Gasteiger partial charge in [-0.05, 0) is 74.2 Å². The maximum atomic E-state index is 13.1. The van der Waals surface area contributed by atoms with Crippen LogP contribution in [0.5, 0.6) is 0 Å². The summed E-state index contributed by atoms with van der Waals surface area (Å²) in [6.07, 6.45) is 7.12. The molecule has 0 amide bonds. The quantitative estimate of drug-likeness (QED) is 0.923. The standard InChI is InChI=1S/C18H27NOS/c1-3-19-17-10-7-13(2)11-18(17)21(20)16-9-8-14-5-4-6-15(14)12-16/h8-9,12-13,17-19H,3-7,10-11H2,1-2H3. The summed E-state index contributed by atoms with van der Waals surface area (Å²) in [5, 5.41) is 3.84. The molecule has 0 radical (unpaired) electrons. The summed E-state index contributed by atoms with van der Waals surface area (Å²) < 4.78 is 13.1. The minimum Gasteiger partial charge on any atom is -0.313 e. The van der Waals surface area contributed by atoms with Gasteiger partial charge in [-0.15, -0.1) is 0 Å². The van der Waals surface area contributed by atoms with E-state index < -0.39 is 10.8 Å². The van der Waals surface area contributed by atoms with Crippen molar-refractivity contribution >= 4 is 10.8 Å². The Morgan fingerprint density at radius 1 is 1.24 bits per heavy atom. The molecule has 3 rings (SSSR count). The highest BCUT2D eigenvalue weighted by atomic mass is 32.2. The minimum absolute atomic E-state index is 0.271. The summed E-state index contributed by atoms with van der Waals surface area (Å²) >= 11 is 0. The van der Waals surface area contributed by atoms with Gasteiger partial charge >= 0.3 is 0 Å². The number of hydrogen-bond donors (Lipinski definition) is 1. The molecule has 3 heteroatoms. The van der Waals surface area contributed by atoms with Crippen LogP contribution in [0.1, 0.15) is 50.7 Å². The van der Waals surface area contributed by atoms with Crippen LogP contribution in [-0.2, 0) is 23.6 Å². The monoisotopic (exact) mass is 305 g/mol. The van der Waals surface area contributed by atoms with Crippen molar-refractivity contribution < 1.29 is 4.21 Å². The summed E-state index contributed by atoms with van der Waals surface area (Å²) in [5.41, 5.74) is 2.90. The zero-order valence-corrected chi connectivity index (χ0v) is 14.0. The molecule has 1 aromatic rings. The van der Waals surface area contributed by atoms with E-state index in [1.54, 1.807) is 0 Å². The highest BCUT2D eigenvalue weighted by molar-refractivity contribution is 7.85. The van der Waals surface area contributed by atoms with Gasteiger partial charge in [-0.2, -0.15) is 0 Å². The van der Waals surface area contributed by atoms with Gasteiger partial charge in [0.2, 0.25) is 0 Å². The average molecular weight is 305 g/mol. The van der Waals surface area contributed by atoms with Crippen LogP contribution in [0, 0.1) is 5.92 Å². The van der Waals surface area contributed by atoms with Crippen molar-refractivity contribution in [3.63, 3.8) is 0 Å². The van der Waals surface area contributed by atoms with E-state index in [9.17, 15) is 4.21 Å². The maximum absolute atomic E-state index is 13.1. The van der Waals surface area contributed by atoms with E-state index in [1.807, 2.05) is 0 Å². The fraction of sp³-hybridized carbons (Fsp3) is 0.667. The van der Waals surface area contributed by atoms with Gasteiger partial charge in [0.1, 0.15) is 0 Å². The van der Waals surface area contributed by atoms with Gasteiger partial charge < -0.3 is 5.32 Å². The van der Waals surface area contributed by atoms with E-state index in [2.05, 4.69) is 37.4 Å². The first-order valence-electron chi connectivity index (χ1n) is 8.44. The lowest BCUT2D eigenvalue weighted by molar-refractivity contribution is 0.316. The molecule has 116 valence electrons. The number of aryl methyl sites for hydroxylation is 2. The van der Waals surface area contributed by atoms with E-state index in [0.29, 0.717) is 12.0 Å². The van der Waals surface area contributed by atoms with Crippen LogP contribution in [0.4, 0.5) is 0 Å². The molecule has 1 fully saturated rings. The lowest BCUT2D eigenvalue weighted by atomic mass is 9.87. The van der Waals surface area contributed by atoms with Crippen LogP contribution in [0.2, 0.25) is 0 Å². The third kappa shape index (κ3) is 3.24. The Hall–Kier alpha value is -0.670. The second kappa shape index (κ2) is 6.62. The second-order valence-corrected chi connectivity index (χ2v) is 8.37. The molecule has 2 aliphatic rings. The Labute approximate surface area is 131 Å². The van der Waals surface area contributed by atoms with Gasteiger partial charge in [0, 0.05) is 10.9 Å². The summed E-state index contributed by atoms with van der Waals surface area (Å²) in [7, 11) is -0.877. The molecule has 0 heterocycles. The molecular formula is C18H27NOS. The Bertz CT molecular complexity index is 528. The molecule has 0 bridgehead atoms. The molecule has 2 aliphatic carbocycles. The Morgan fingerprint density at radius 3 is 2.86 bits per heavy atom. The molecule has 4 atom stereocenters. The first-order chi connectivity index (χ1) is 10.2. The van der Waals surface area contributed by atoms with Crippen LogP contribution in [0.15, 0.2) is 23.1 Å². The molecule has 4 unspecified atom stereocenters. The van der Waals surface area contributed by atoms with E-state index in [-0.39, 0.29) is 5.25 Å². The normalized spacial score (nSPS) is 30.1. The molecular weight excluding hydrogens is 278 g/mol. The van der Waals surface area contributed by atoms with Gasteiger partial charge in [0.15, 0.2) is 0 Å². The van der Waals surface area contributed by atoms with Gasteiger partial charge in [-0.1, -0.05) is 19.9 Å². The van der Waals surface area contributed by atoms with Crippen LogP contribution < -0.4 is 5.32 Å². The van der Waals surface area contributed by atoms with Crippen molar-refractivity contribution in [3.8, 4) is 0 Å². The molecule has 0 aromatic heterocycles. The van der Waals surface area contributed by atoms with E-state index >= 15 is 0 Å². The van der Waals surface area contributed by atoms with E-state index in [1.165, 1.54) is 30.4 Å². The fourth-order valence-electron chi connectivity index (χ4n) is 3.91. The van der Waals surface area contributed by atoms with Crippen molar-refractivity contribution in [3.05, 3.63) is 29.3 Å². The number of rotatable bonds is 4. The predicted octanol–water partition coefficient (Wildman–Crippen LogP) is 3.45. The summed E-state index contributed by atoms with van der Waals surface area (Å²) in [6.45, 7) is 5.42.